The van der Waals surface area contributed by atoms with E-state index in [0.29, 0.717) is 11.4 Å². The molecule has 1 heterocycles. The molecule has 0 aliphatic heterocycles. The summed E-state index contributed by atoms with van der Waals surface area (Å²) in [7, 11) is 0. The van der Waals surface area contributed by atoms with Crippen LogP contribution in [-0.4, -0.2) is 15.6 Å². The van der Waals surface area contributed by atoms with Gasteiger partial charge in [0.1, 0.15) is 5.69 Å². The molecule has 0 saturated heterocycles. The smallest absolute Gasteiger partial charge is 0.118 e. The summed E-state index contributed by atoms with van der Waals surface area (Å²) in [5.41, 5.74) is 6.60. The summed E-state index contributed by atoms with van der Waals surface area (Å²) in [5.74, 6) is 0. The highest BCUT2D eigenvalue weighted by Crippen LogP contribution is 2.00. The molecule has 0 aromatic carbocycles. The van der Waals surface area contributed by atoms with Gasteiger partial charge in [-0.15, -0.1) is 0 Å². The Morgan fingerprint density at radius 1 is 1.88 bits per heavy atom. The van der Waals surface area contributed by atoms with E-state index in [-0.39, 0.29) is 0 Å². The molecule has 0 bridgehead atoms. The summed E-state index contributed by atoms with van der Waals surface area (Å²) < 4.78 is 0. The van der Waals surface area contributed by atoms with E-state index >= 15 is 0 Å². The van der Waals surface area contributed by atoms with Gasteiger partial charge in [0.2, 0.25) is 0 Å². The number of hydrogen-bond donors (Lipinski definition) is 2. The third-order valence-corrected chi connectivity index (χ3v) is 1.04. The monoisotopic (exact) mass is 127 g/mol. The minimum Gasteiger partial charge on any atom is -0.396 e. The first kappa shape index (κ1) is 5.24. The number of nitrogens with one attached hydrogen (secondary N) is 1. The molecular formula is C4H5N3S. The molecule has 0 amide bonds. The Balaban J connectivity index is 3.09. The molecule has 0 atom stereocenters. The maximum atomic E-state index is 5.36. The number of hydrogen-bond acceptors (Lipinski definition) is 3. The first-order valence-corrected chi connectivity index (χ1v) is 2.56. The second-order valence-electron chi connectivity index (χ2n) is 1.34. The molecule has 3 N–H and O–H groups in total. The third kappa shape index (κ3) is 0.696. The highest BCUT2D eigenvalue weighted by molar-refractivity contribution is 7.79. The molecule has 8 heavy (non-hydrogen) atoms. The van der Waals surface area contributed by atoms with Crippen LogP contribution in [0.15, 0.2) is 6.20 Å². The number of nitrogens with two attached hydrogens (primary N) is 1. The van der Waals surface area contributed by atoms with Gasteiger partial charge in [-0.05, 0) is 0 Å². The van der Waals surface area contributed by atoms with Crippen LogP contribution in [0.25, 0.3) is 0 Å². The van der Waals surface area contributed by atoms with Crippen LogP contribution in [0.1, 0.15) is 5.69 Å². The Morgan fingerprint density at radius 2 is 2.62 bits per heavy atom. The summed E-state index contributed by atoms with van der Waals surface area (Å²) in [4.78, 5) is 0. The van der Waals surface area contributed by atoms with Crippen molar-refractivity contribution in [3.63, 3.8) is 0 Å². The molecule has 0 unspecified atom stereocenters. The van der Waals surface area contributed by atoms with Gasteiger partial charge in [-0.2, -0.15) is 5.10 Å². The minimum absolute atomic E-state index is 0.597. The van der Waals surface area contributed by atoms with E-state index < -0.39 is 0 Å². The van der Waals surface area contributed by atoms with Crippen LogP contribution in [-0.2, 0) is 0 Å². The van der Waals surface area contributed by atoms with Crippen molar-refractivity contribution in [1.82, 2.24) is 10.2 Å². The highest BCUT2D eigenvalue weighted by Gasteiger charge is 1.93. The summed E-state index contributed by atoms with van der Waals surface area (Å²) in [5, 5.41) is 7.74. The molecule has 42 valence electrons. The van der Waals surface area contributed by atoms with Crippen LogP contribution in [0.3, 0.4) is 0 Å². The second kappa shape index (κ2) is 1.92. The van der Waals surface area contributed by atoms with Crippen LogP contribution in [0.5, 0.6) is 0 Å². The SMILES string of the molecule is Nc1c[nH]nc1C=S. The fourth-order valence-corrected chi connectivity index (χ4v) is 0.593. The topological polar surface area (TPSA) is 54.7 Å². The van der Waals surface area contributed by atoms with Gasteiger partial charge >= 0.3 is 0 Å². The van der Waals surface area contributed by atoms with Crippen molar-refractivity contribution in [3.8, 4) is 0 Å². The van der Waals surface area contributed by atoms with E-state index in [0.717, 1.165) is 0 Å². The quantitative estimate of drug-likeness (QED) is 0.535. The normalized spacial score (nSPS) is 9.00. The Bertz CT molecular complexity index is 193. The molecule has 1 aromatic rings. The van der Waals surface area contributed by atoms with Crippen LogP contribution in [0, 0.1) is 0 Å². The first-order chi connectivity index (χ1) is 3.84. The van der Waals surface area contributed by atoms with Gasteiger partial charge in [-0.3, -0.25) is 5.10 Å². The van der Waals surface area contributed by atoms with Crippen LogP contribution in [0.4, 0.5) is 5.69 Å². The molecule has 1 aromatic heterocycles. The lowest BCUT2D eigenvalue weighted by molar-refractivity contribution is 1.08. The van der Waals surface area contributed by atoms with E-state index in [2.05, 4.69) is 22.4 Å². The van der Waals surface area contributed by atoms with E-state index in [9.17, 15) is 0 Å². The van der Waals surface area contributed by atoms with Crippen molar-refractivity contribution in [3.05, 3.63) is 11.9 Å². The molecule has 4 heteroatoms. The minimum atomic E-state index is 0.597. The molecule has 0 radical (unpaired) electrons. The van der Waals surface area contributed by atoms with Gasteiger partial charge in [-0.1, -0.05) is 12.2 Å². The third-order valence-electron chi connectivity index (χ3n) is 0.812. The largest absolute Gasteiger partial charge is 0.396 e. The number of nitrogens with zero attached hydrogens (tertiary/aromatic N) is 1. The van der Waals surface area contributed by atoms with Crippen molar-refractivity contribution in [2.45, 2.75) is 0 Å². The van der Waals surface area contributed by atoms with E-state index in [1.54, 1.807) is 6.20 Å². The molecule has 3 nitrogen and oxygen atoms in total. The lowest BCUT2D eigenvalue weighted by Crippen LogP contribution is -1.86. The molecule has 0 saturated carbocycles. The second-order valence-corrected chi connectivity index (χ2v) is 1.58. The average Bonchev–Trinajstić information content (AvgIpc) is 2.14. The van der Waals surface area contributed by atoms with Crippen LogP contribution < -0.4 is 5.73 Å². The van der Waals surface area contributed by atoms with Gasteiger partial charge in [0, 0.05) is 11.6 Å². The fraction of sp³-hybridized carbons (Fsp3) is 0. The number of anilines is 1. The number of aromatic nitrogens is 2. The molecule has 0 fully saturated rings. The zero-order chi connectivity index (χ0) is 5.98. The summed E-state index contributed by atoms with van der Waals surface area (Å²) >= 11 is 4.57. The number of rotatable bonds is 1. The zero-order valence-corrected chi connectivity index (χ0v) is 4.90. The Kier molecular flexibility index (Phi) is 1.26. The lowest BCUT2D eigenvalue weighted by Gasteiger charge is -1.79. The van der Waals surface area contributed by atoms with Gasteiger partial charge in [0.05, 0.1) is 5.69 Å². The van der Waals surface area contributed by atoms with Gasteiger partial charge in [0.15, 0.2) is 0 Å². The number of nitrogen functional groups attached to an aromatic ring is 1. The maximum absolute atomic E-state index is 5.36. The fourth-order valence-electron chi connectivity index (χ4n) is 0.404. The zero-order valence-electron chi connectivity index (χ0n) is 4.09. The molecule has 0 aliphatic rings. The van der Waals surface area contributed by atoms with Crippen LogP contribution in [0.2, 0.25) is 0 Å². The number of thiocarbonyl (C=S) groups is 1. The predicted octanol–water partition coefficient (Wildman–Crippen LogP) is 0.340. The number of aromatic amines is 1. The molecular weight excluding hydrogens is 122 g/mol. The summed E-state index contributed by atoms with van der Waals surface area (Å²) in [6.45, 7) is 0. The summed E-state index contributed by atoms with van der Waals surface area (Å²) in [6.07, 6.45) is 1.60. The Hall–Kier alpha value is -0.900. The van der Waals surface area contributed by atoms with Crippen molar-refractivity contribution in [2.75, 3.05) is 5.73 Å². The molecule has 0 spiro atoms. The standard InChI is InChI=1S/C4H5N3S/c5-3-1-6-7-4(3)2-8/h1-2H,5H2,(H,6,7). The van der Waals surface area contributed by atoms with E-state index in [1.165, 1.54) is 5.37 Å². The highest BCUT2D eigenvalue weighted by atomic mass is 32.1. The van der Waals surface area contributed by atoms with Gasteiger partial charge < -0.3 is 5.73 Å². The lowest BCUT2D eigenvalue weighted by atomic mass is 10.4. The van der Waals surface area contributed by atoms with Crippen molar-refractivity contribution < 1.29 is 0 Å². The molecule has 0 aliphatic carbocycles. The Labute approximate surface area is 51.9 Å². The van der Waals surface area contributed by atoms with Gasteiger partial charge in [-0.25, -0.2) is 0 Å². The number of H-pyrrole nitrogens is 1. The van der Waals surface area contributed by atoms with Crippen molar-refractivity contribution in [1.29, 1.82) is 0 Å². The summed E-state index contributed by atoms with van der Waals surface area (Å²) in [6, 6.07) is 0. The van der Waals surface area contributed by atoms with E-state index in [1.807, 2.05) is 0 Å². The average molecular weight is 127 g/mol. The van der Waals surface area contributed by atoms with Gasteiger partial charge in [0.25, 0.3) is 0 Å². The first-order valence-electron chi connectivity index (χ1n) is 2.09. The van der Waals surface area contributed by atoms with E-state index in [4.69, 9.17) is 5.73 Å². The van der Waals surface area contributed by atoms with Crippen molar-refractivity contribution in [2.24, 2.45) is 0 Å². The predicted molar refractivity (Wildman–Crippen MR) is 35.8 cm³/mol. The van der Waals surface area contributed by atoms with Crippen molar-refractivity contribution >= 4 is 23.3 Å². The van der Waals surface area contributed by atoms with Crippen LogP contribution >= 0.6 is 12.2 Å². The maximum Gasteiger partial charge on any atom is 0.118 e. The Morgan fingerprint density at radius 3 is 2.88 bits per heavy atom. The molecule has 1 rings (SSSR count).